The van der Waals surface area contributed by atoms with Gasteiger partial charge in [-0.3, -0.25) is 9.78 Å². The molecule has 1 amide bonds. The van der Waals surface area contributed by atoms with Crippen molar-refractivity contribution in [2.45, 2.75) is 13.0 Å². The van der Waals surface area contributed by atoms with Gasteiger partial charge >= 0.3 is 0 Å². The maximum atomic E-state index is 12.5. The van der Waals surface area contributed by atoms with E-state index in [1.54, 1.807) is 11.7 Å². The smallest absolute Gasteiger partial charge is 0.240 e. The second-order valence-electron chi connectivity index (χ2n) is 5.80. The summed E-state index contributed by atoms with van der Waals surface area (Å²) < 4.78 is 1.92. The molecule has 0 aliphatic carbocycles. The molecule has 1 aromatic carbocycles. The fourth-order valence-electron chi connectivity index (χ4n) is 2.83. The van der Waals surface area contributed by atoms with Gasteiger partial charge in [-0.25, -0.2) is 9.97 Å². The molecule has 3 heterocycles. The SMILES string of the molecule is O=C(Cn1c(-c2cscn2)nc2ccccc21)NCCc1ccccn1. The first-order valence-corrected chi connectivity index (χ1v) is 9.26. The van der Waals surface area contributed by atoms with Crippen LogP contribution in [0.1, 0.15) is 5.69 Å². The quantitative estimate of drug-likeness (QED) is 0.572. The summed E-state index contributed by atoms with van der Waals surface area (Å²) in [5.41, 5.74) is 5.30. The van der Waals surface area contributed by atoms with Crippen molar-refractivity contribution < 1.29 is 4.79 Å². The van der Waals surface area contributed by atoms with E-state index in [0.717, 1.165) is 22.4 Å². The molecule has 0 atom stereocenters. The lowest BCUT2D eigenvalue weighted by molar-refractivity contribution is -0.121. The van der Waals surface area contributed by atoms with Crippen molar-refractivity contribution in [2.75, 3.05) is 6.54 Å². The minimum atomic E-state index is -0.0550. The van der Waals surface area contributed by atoms with Crippen molar-refractivity contribution in [1.29, 1.82) is 0 Å². The molecule has 26 heavy (non-hydrogen) atoms. The highest BCUT2D eigenvalue weighted by molar-refractivity contribution is 7.07. The molecular weight excluding hydrogens is 346 g/mol. The summed E-state index contributed by atoms with van der Waals surface area (Å²) in [5, 5.41) is 4.90. The molecule has 0 saturated carbocycles. The second kappa shape index (κ2) is 7.45. The van der Waals surface area contributed by atoms with Crippen molar-refractivity contribution in [3.63, 3.8) is 0 Å². The number of hydrogen-bond acceptors (Lipinski definition) is 5. The molecule has 0 radical (unpaired) electrons. The zero-order valence-electron chi connectivity index (χ0n) is 14.0. The molecule has 0 saturated heterocycles. The normalized spacial score (nSPS) is 10.9. The van der Waals surface area contributed by atoms with Crippen LogP contribution >= 0.6 is 11.3 Å². The Bertz CT molecular complexity index is 1010. The van der Waals surface area contributed by atoms with Crippen molar-refractivity contribution >= 4 is 28.3 Å². The number of carbonyl (C=O) groups is 1. The van der Waals surface area contributed by atoms with Gasteiger partial charge < -0.3 is 9.88 Å². The van der Waals surface area contributed by atoms with Gasteiger partial charge in [0.2, 0.25) is 5.91 Å². The summed E-state index contributed by atoms with van der Waals surface area (Å²) in [6.45, 7) is 0.754. The number of imidazole rings is 1. The summed E-state index contributed by atoms with van der Waals surface area (Å²) in [7, 11) is 0. The number of nitrogens with one attached hydrogen (secondary N) is 1. The van der Waals surface area contributed by atoms with Crippen LogP contribution in [0, 0.1) is 0 Å². The highest BCUT2D eigenvalue weighted by Gasteiger charge is 2.16. The predicted octanol–water partition coefficient (Wildman–Crippen LogP) is 2.91. The Morgan fingerprint density at radius 3 is 2.81 bits per heavy atom. The van der Waals surface area contributed by atoms with E-state index < -0.39 is 0 Å². The molecule has 130 valence electrons. The zero-order valence-corrected chi connectivity index (χ0v) is 14.8. The Hall–Kier alpha value is -3.06. The largest absolute Gasteiger partial charge is 0.354 e. The number of pyridine rings is 1. The van der Waals surface area contributed by atoms with Gasteiger partial charge in [-0.1, -0.05) is 18.2 Å². The van der Waals surface area contributed by atoms with Gasteiger partial charge in [0.05, 0.1) is 16.5 Å². The van der Waals surface area contributed by atoms with Crippen LogP contribution in [0.4, 0.5) is 0 Å². The molecule has 0 spiro atoms. The molecule has 4 rings (SSSR count). The molecule has 0 bridgehead atoms. The Labute approximate surface area is 154 Å². The summed E-state index contributed by atoms with van der Waals surface area (Å²) in [4.78, 5) is 25.7. The van der Waals surface area contributed by atoms with Crippen molar-refractivity contribution in [3.05, 3.63) is 65.2 Å². The van der Waals surface area contributed by atoms with E-state index in [4.69, 9.17) is 0 Å². The Balaban J connectivity index is 1.51. The number of benzene rings is 1. The van der Waals surface area contributed by atoms with Crippen molar-refractivity contribution in [2.24, 2.45) is 0 Å². The predicted molar refractivity (Wildman–Crippen MR) is 102 cm³/mol. The van der Waals surface area contributed by atoms with Crippen LogP contribution in [-0.2, 0) is 17.8 Å². The first kappa shape index (κ1) is 16.4. The van der Waals surface area contributed by atoms with E-state index in [1.165, 1.54) is 11.3 Å². The van der Waals surface area contributed by atoms with E-state index in [2.05, 4.69) is 20.3 Å². The number of carbonyl (C=O) groups excluding carboxylic acids is 1. The standard InChI is InChI=1S/C19H17N5OS/c25-18(21-10-8-14-5-3-4-9-20-14)11-24-17-7-2-1-6-15(17)23-19(24)16-12-26-13-22-16/h1-7,9,12-13H,8,10-11H2,(H,21,25). The van der Waals surface area contributed by atoms with Crippen LogP contribution in [0.5, 0.6) is 0 Å². The molecule has 7 heteroatoms. The Kier molecular flexibility index (Phi) is 4.70. The molecule has 3 aromatic heterocycles. The van der Waals surface area contributed by atoms with E-state index in [0.29, 0.717) is 18.8 Å². The first-order valence-electron chi connectivity index (χ1n) is 8.32. The van der Waals surface area contributed by atoms with E-state index >= 15 is 0 Å². The maximum absolute atomic E-state index is 12.5. The molecule has 0 aliphatic rings. The summed E-state index contributed by atoms with van der Waals surface area (Å²) in [6, 6.07) is 13.6. The van der Waals surface area contributed by atoms with Crippen LogP contribution < -0.4 is 5.32 Å². The lowest BCUT2D eigenvalue weighted by atomic mass is 10.3. The monoisotopic (exact) mass is 363 g/mol. The van der Waals surface area contributed by atoms with Crippen LogP contribution in [0.2, 0.25) is 0 Å². The van der Waals surface area contributed by atoms with Crippen LogP contribution in [0.25, 0.3) is 22.6 Å². The van der Waals surface area contributed by atoms with Crippen LogP contribution in [0.15, 0.2) is 59.6 Å². The minimum absolute atomic E-state index is 0.0550. The van der Waals surface area contributed by atoms with Crippen molar-refractivity contribution in [3.8, 4) is 11.5 Å². The lowest BCUT2D eigenvalue weighted by Gasteiger charge is -2.09. The van der Waals surface area contributed by atoms with Gasteiger partial charge in [0.15, 0.2) is 5.82 Å². The molecular formula is C19H17N5OS. The van der Waals surface area contributed by atoms with Crippen LogP contribution in [0.3, 0.4) is 0 Å². The van der Waals surface area contributed by atoms with Gasteiger partial charge in [0.25, 0.3) is 0 Å². The summed E-state index contributed by atoms with van der Waals surface area (Å²) in [6.07, 6.45) is 2.46. The number of para-hydroxylation sites is 2. The molecule has 1 N–H and O–H groups in total. The van der Waals surface area contributed by atoms with Gasteiger partial charge in [-0.2, -0.15) is 0 Å². The van der Waals surface area contributed by atoms with Gasteiger partial charge in [-0.05, 0) is 24.3 Å². The van der Waals surface area contributed by atoms with Gasteiger partial charge in [0, 0.05) is 30.2 Å². The number of nitrogens with zero attached hydrogens (tertiary/aromatic N) is 4. The molecule has 4 aromatic rings. The minimum Gasteiger partial charge on any atom is -0.354 e. The lowest BCUT2D eigenvalue weighted by Crippen LogP contribution is -2.29. The van der Waals surface area contributed by atoms with E-state index in [1.807, 2.05) is 52.4 Å². The Morgan fingerprint density at radius 1 is 1.12 bits per heavy atom. The summed E-state index contributed by atoms with van der Waals surface area (Å²) in [5.74, 6) is 0.660. The number of fused-ring (bicyclic) bond motifs is 1. The highest BCUT2D eigenvalue weighted by atomic mass is 32.1. The van der Waals surface area contributed by atoms with E-state index in [-0.39, 0.29) is 12.5 Å². The number of amides is 1. The number of hydrogen-bond donors (Lipinski definition) is 1. The third-order valence-corrected chi connectivity index (χ3v) is 4.63. The average Bonchev–Trinajstić information content (AvgIpc) is 3.31. The fraction of sp³-hybridized carbons (Fsp3) is 0.158. The highest BCUT2D eigenvalue weighted by Crippen LogP contribution is 2.24. The van der Waals surface area contributed by atoms with Crippen molar-refractivity contribution in [1.82, 2.24) is 24.8 Å². The topological polar surface area (TPSA) is 72.7 Å². The van der Waals surface area contributed by atoms with E-state index in [9.17, 15) is 4.79 Å². The summed E-state index contributed by atoms with van der Waals surface area (Å²) >= 11 is 1.51. The molecule has 0 fully saturated rings. The third kappa shape index (κ3) is 3.48. The zero-order chi connectivity index (χ0) is 17.8. The van der Waals surface area contributed by atoms with Crippen LogP contribution in [-0.4, -0.2) is 32.0 Å². The molecule has 0 aliphatic heterocycles. The average molecular weight is 363 g/mol. The second-order valence-corrected chi connectivity index (χ2v) is 6.52. The maximum Gasteiger partial charge on any atom is 0.240 e. The first-order chi connectivity index (χ1) is 12.8. The number of aromatic nitrogens is 4. The Morgan fingerprint density at radius 2 is 2.00 bits per heavy atom. The fourth-order valence-corrected chi connectivity index (χ4v) is 3.36. The third-order valence-electron chi connectivity index (χ3n) is 4.05. The molecule has 6 nitrogen and oxygen atoms in total. The number of rotatable bonds is 6. The number of thiazole rings is 1. The molecule has 0 unspecified atom stereocenters. The van der Waals surface area contributed by atoms with Gasteiger partial charge in [-0.15, -0.1) is 11.3 Å². The van der Waals surface area contributed by atoms with Gasteiger partial charge in [0.1, 0.15) is 12.2 Å².